The Morgan fingerprint density at radius 1 is 0.276 bits per heavy atom. The van der Waals surface area contributed by atoms with Gasteiger partial charge in [0.15, 0.2) is 6.10 Å². The van der Waals surface area contributed by atoms with Crippen LogP contribution in [0.4, 0.5) is 0 Å². The average molecular weight is 1050 g/mol. The predicted octanol–water partition coefficient (Wildman–Crippen LogP) is 21.2. The van der Waals surface area contributed by atoms with E-state index in [4.69, 9.17) is 14.2 Å². The van der Waals surface area contributed by atoms with Crippen LogP contribution >= 0.6 is 0 Å². The highest BCUT2D eigenvalue weighted by atomic mass is 16.6. The molecule has 1 unspecified atom stereocenters. The topological polar surface area (TPSA) is 78.9 Å². The van der Waals surface area contributed by atoms with E-state index in [2.05, 4.69) is 167 Å². The first-order chi connectivity index (χ1) is 37.5. The van der Waals surface area contributed by atoms with Crippen LogP contribution in [-0.4, -0.2) is 37.2 Å². The molecule has 6 nitrogen and oxygen atoms in total. The first-order valence-electron chi connectivity index (χ1n) is 30.8. The zero-order valence-electron chi connectivity index (χ0n) is 49.0. The van der Waals surface area contributed by atoms with Crippen molar-refractivity contribution in [1.29, 1.82) is 0 Å². The lowest BCUT2D eigenvalue weighted by Crippen LogP contribution is -2.30. The molecule has 0 rings (SSSR count). The molecule has 0 saturated heterocycles. The molecule has 6 heteroatoms. The van der Waals surface area contributed by atoms with E-state index in [-0.39, 0.29) is 31.1 Å². The molecule has 1 atom stereocenters. The zero-order valence-corrected chi connectivity index (χ0v) is 49.0. The summed E-state index contributed by atoms with van der Waals surface area (Å²) in [4.78, 5) is 38.1. The van der Waals surface area contributed by atoms with Crippen molar-refractivity contribution in [1.82, 2.24) is 0 Å². The molecule has 0 fully saturated rings. The Kier molecular flexibility index (Phi) is 58.9. The van der Waals surface area contributed by atoms with Crippen molar-refractivity contribution >= 4 is 17.9 Å². The number of esters is 3. The number of unbranched alkanes of at least 4 members (excludes halogenated alkanes) is 19. The van der Waals surface area contributed by atoms with Gasteiger partial charge in [-0.15, -0.1) is 0 Å². The van der Waals surface area contributed by atoms with Crippen molar-refractivity contribution in [2.24, 2.45) is 0 Å². The minimum atomic E-state index is -0.802. The lowest BCUT2D eigenvalue weighted by Gasteiger charge is -2.18. The standard InChI is InChI=1S/C70H112O6/c1-4-7-10-13-16-19-22-25-26-27-28-29-30-31-32-33-34-35-36-37-38-39-40-41-42-43-44-46-48-51-54-57-60-63-69(72)75-66-67(65-74-68(71)62-59-56-53-50-47-24-21-18-15-12-9-6-3)76-70(73)64-61-58-55-52-49-45-23-20-17-14-11-8-5-2/h7,10-11,14,16,18-21,23,25-26,28-29,31-32,34-35,37-38,40-41,43-44,67H,4-6,8-9,12-13,15,17,22,24,27,30,33,36,39,42,45-66H2,1-3H3/b10-7-,14-11-,19-16-,21-18-,23-20-,26-25-,29-28-,32-31-,35-34-,38-37-,41-40-,44-43-. The third kappa shape index (κ3) is 60.2. The smallest absolute Gasteiger partial charge is 0.306 e. The number of rotatable bonds is 54. The lowest BCUT2D eigenvalue weighted by atomic mass is 10.1. The summed E-state index contributed by atoms with van der Waals surface area (Å²) in [7, 11) is 0. The number of carbonyl (C=O) groups is 3. The monoisotopic (exact) mass is 1050 g/mol. The first-order valence-corrected chi connectivity index (χ1v) is 30.8. The average Bonchev–Trinajstić information content (AvgIpc) is 3.42. The van der Waals surface area contributed by atoms with Gasteiger partial charge in [0, 0.05) is 19.3 Å². The Morgan fingerprint density at radius 3 is 0.868 bits per heavy atom. The van der Waals surface area contributed by atoms with E-state index in [0.29, 0.717) is 19.3 Å². The van der Waals surface area contributed by atoms with Crippen molar-refractivity contribution in [2.75, 3.05) is 13.2 Å². The van der Waals surface area contributed by atoms with Gasteiger partial charge < -0.3 is 14.2 Å². The minimum absolute atomic E-state index is 0.0985. The molecular weight excluding hydrogens is 937 g/mol. The fraction of sp³-hybridized carbons (Fsp3) is 0.614. The second-order valence-corrected chi connectivity index (χ2v) is 19.9. The van der Waals surface area contributed by atoms with Gasteiger partial charge in [-0.05, 0) is 141 Å². The van der Waals surface area contributed by atoms with E-state index in [1.165, 1.54) is 38.5 Å². The maximum absolute atomic E-state index is 12.8. The zero-order chi connectivity index (χ0) is 55.0. The fourth-order valence-corrected chi connectivity index (χ4v) is 7.94. The summed E-state index contributed by atoms with van der Waals surface area (Å²) in [6, 6.07) is 0. The van der Waals surface area contributed by atoms with E-state index in [0.717, 1.165) is 180 Å². The molecule has 0 aromatic carbocycles. The van der Waals surface area contributed by atoms with Gasteiger partial charge in [-0.3, -0.25) is 14.4 Å². The molecule has 0 aliphatic carbocycles. The van der Waals surface area contributed by atoms with Gasteiger partial charge in [0.2, 0.25) is 0 Å². The van der Waals surface area contributed by atoms with Crippen LogP contribution in [0.25, 0.3) is 0 Å². The summed E-state index contributed by atoms with van der Waals surface area (Å²) >= 11 is 0. The molecule has 0 bridgehead atoms. The molecule has 0 aliphatic rings. The molecule has 0 aliphatic heterocycles. The first kappa shape index (κ1) is 71.3. The van der Waals surface area contributed by atoms with Gasteiger partial charge in [-0.1, -0.05) is 244 Å². The quantitative estimate of drug-likeness (QED) is 0.0261. The highest BCUT2D eigenvalue weighted by Crippen LogP contribution is 2.14. The van der Waals surface area contributed by atoms with E-state index < -0.39 is 6.10 Å². The van der Waals surface area contributed by atoms with Gasteiger partial charge in [0.05, 0.1) is 0 Å². The van der Waals surface area contributed by atoms with Crippen LogP contribution in [0.2, 0.25) is 0 Å². The maximum Gasteiger partial charge on any atom is 0.306 e. The van der Waals surface area contributed by atoms with Crippen LogP contribution in [0.15, 0.2) is 146 Å². The van der Waals surface area contributed by atoms with Gasteiger partial charge in [-0.25, -0.2) is 0 Å². The van der Waals surface area contributed by atoms with Crippen LogP contribution < -0.4 is 0 Å². The minimum Gasteiger partial charge on any atom is -0.462 e. The van der Waals surface area contributed by atoms with Crippen LogP contribution in [0, 0.1) is 0 Å². The molecule has 0 amide bonds. The third-order valence-corrected chi connectivity index (χ3v) is 12.5. The van der Waals surface area contributed by atoms with Crippen LogP contribution in [0.3, 0.4) is 0 Å². The van der Waals surface area contributed by atoms with E-state index in [1.807, 2.05) is 0 Å². The van der Waals surface area contributed by atoms with Gasteiger partial charge in [-0.2, -0.15) is 0 Å². The molecule has 0 saturated carbocycles. The highest BCUT2D eigenvalue weighted by molar-refractivity contribution is 5.71. The molecule has 0 aromatic heterocycles. The normalized spacial score (nSPS) is 13.1. The SMILES string of the molecule is CC/C=C\C/C=C\C/C=C\C/C=C\C/C=C\C/C=C\C/C=C\C/C=C\C/C=C\CCCCCCCC(=O)OCC(COC(=O)CCCCCCC/C=C\CCCCC)OC(=O)CCCCCCC/C=C\C/C=C\CCC. The number of hydrogen-bond acceptors (Lipinski definition) is 6. The van der Waals surface area contributed by atoms with Crippen LogP contribution in [0.5, 0.6) is 0 Å². The molecule has 0 heterocycles. The molecule has 76 heavy (non-hydrogen) atoms. The Hall–Kier alpha value is -4.71. The van der Waals surface area contributed by atoms with Crippen molar-refractivity contribution in [2.45, 2.75) is 264 Å². The number of carbonyl (C=O) groups excluding carboxylic acids is 3. The summed E-state index contributed by atoms with van der Waals surface area (Å²) in [5, 5.41) is 0. The van der Waals surface area contributed by atoms with Crippen molar-refractivity contribution in [3.05, 3.63) is 146 Å². The third-order valence-electron chi connectivity index (χ3n) is 12.5. The number of hydrogen-bond donors (Lipinski definition) is 0. The highest BCUT2D eigenvalue weighted by Gasteiger charge is 2.19. The summed E-state index contributed by atoms with van der Waals surface area (Å²) in [6.07, 6.45) is 89.9. The molecule has 428 valence electrons. The summed E-state index contributed by atoms with van der Waals surface area (Å²) in [5.74, 6) is -0.946. The number of ether oxygens (including phenoxy) is 3. The predicted molar refractivity (Wildman–Crippen MR) is 329 cm³/mol. The second-order valence-electron chi connectivity index (χ2n) is 19.9. The Bertz CT molecular complexity index is 1680. The maximum atomic E-state index is 12.8. The van der Waals surface area contributed by atoms with Crippen molar-refractivity contribution in [3.63, 3.8) is 0 Å². The summed E-state index contributed by atoms with van der Waals surface area (Å²) < 4.78 is 16.8. The van der Waals surface area contributed by atoms with Crippen LogP contribution in [0.1, 0.15) is 258 Å². The Morgan fingerprint density at radius 2 is 0.539 bits per heavy atom. The Labute approximate surface area is 467 Å². The van der Waals surface area contributed by atoms with Gasteiger partial charge in [0.1, 0.15) is 13.2 Å². The summed E-state index contributed by atoms with van der Waals surface area (Å²) in [5.41, 5.74) is 0. The second kappa shape index (κ2) is 62.8. The molecule has 0 aromatic rings. The molecule has 0 N–H and O–H groups in total. The van der Waals surface area contributed by atoms with Gasteiger partial charge >= 0.3 is 17.9 Å². The van der Waals surface area contributed by atoms with Crippen LogP contribution in [-0.2, 0) is 28.6 Å². The van der Waals surface area contributed by atoms with Gasteiger partial charge in [0.25, 0.3) is 0 Å². The number of allylic oxidation sites excluding steroid dienone is 24. The molecule has 0 radical (unpaired) electrons. The van der Waals surface area contributed by atoms with Crippen molar-refractivity contribution < 1.29 is 28.6 Å². The summed E-state index contributed by atoms with van der Waals surface area (Å²) in [6.45, 7) is 6.39. The Balaban J connectivity index is 4.30. The fourth-order valence-electron chi connectivity index (χ4n) is 7.94. The van der Waals surface area contributed by atoms with Crippen molar-refractivity contribution in [3.8, 4) is 0 Å². The largest absolute Gasteiger partial charge is 0.462 e. The van der Waals surface area contributed by atoms with E-state index >= 15 is 0 Å². The lowest BCUT2D eigenvalue weighted by molar-refractivity contribution is -0.167. The van der Waals surface area contributed by atoms with E-state index in [9.17, 15) is 14.4 Å². The molecular formula is C70H112O6. The molecule has 0 spiro atoms. The van der Waals surface area contributed by atoms with E-state index in [1.54, 1.807) is 0 Å².